The maximum absolute atomic E-state index is 5.71. The first-order chi connectivity index (χ1) is 17.4. The Morgan fingerprint density at radius 3 is 2.14 bits per heavy atom. The van der Waals surface area contributed by atoms with Gasteiger partial charge >= 0.3 is 0 Å². The standard InChI is InChI=1S/C28H30N8/c1-28(2,3)27-30-26(22-14-8-19(9-15-22)16-17-29)36(33-27)18-20-10-12-21(13-11-20)23-6-4-5-7-24(23)25-31-34-35-32-25/h4-15H,16-18,29H2,1-3H3,(H,31,32,34,35). The molecule has 0 fully saturated rings. The first-order valence-corrected chi connectivity index (χ1v) is 12.1. The minimum absolute atomic E-state index is 0.151. The highest BCUT2D eigenvalue weighted by Gasteiger charge is 2.22. The van der Waals surface area contributed by atoms with Crippen LogP contribution in [0.3, 0.4) is 0 Å². The zero-order valence-electron chi connectivity index (χ0n) is 20.8. The lowest BCUT2D eigenvalue weighted by Crippen LogP contribution is -2.14. The number of aromatic amines is 1. The summed E-state index contributed by atoms with van der Waals surface area (Å²) < 4.78 is 2.00. The SMILES string of the molecule is CC(C)(C)c1nc(-c2ccc(CCN)cc2)n(Cc2ccc(-c3ccccc3-c3nn[nH]n3)cc2)n1. The van der Waals surface area contributed by atoms with E-state index in [4.69, 9.17) is 15.8 Å². The summed E-state index contributed by atoms with van der Waals surface area (Å²) in [6.07, 6.45) is 0.864. The van der Waals surface area contributed by atoms with Crippen LogP contribution in [0.4, 0.5) is 0 Å². The highest BCUT2D eigenvalue weighted by Crippen LogP contribution is 2.30. The molecule has 0 atom stereocenters. The largest absolute Gasteiger partial charge is 0.330 e. The summed E-state index contributed by atoms with van der Waals surface area (Å²) >= 11 is 0. The molecule has 36 heavy (non-hydrogen) atoms. The monoisotopic (exact) mass is 478 g/mol. The van der Waals surface area contributed by atoms with E-state index in [1.165, 1.54) is 5.56 Å². The maximum Gasteiger partial charge on any atom is 0.205 e. The summed E-state index contributed by atoms with van der Waals surface area (Å²) in [4.78, 5) is 4.93. The van der Waals surface area contributed by atoms with Crippen LogP contribution in [0.2, 0.25) is 0 Å². The number of hydrogen-bond donors (Lipinski definition) is 2. The second-order valence-electron chi connectivity index (χ2n) is 9.88. The van der Waals surface area contributed by atoms with Gasteiger partial charge in [-0.1, -0.05) is 93.6 Å². The van der Waals surface area contributed by atoms with E-state index in [-0.39, 0.29) is 5.41 Å². The molecule has 0 saturated carbocycles. The van der Waals surface area contributed by atoms with Crippen molar-refractivity contribution < 1.29 is 0 Å². The van der Waals surface area contributed by atoms with Gasteiger partial charge in [-0.25, -0.2) is 9.67 Å². The van der Waals surface area contributed by atoms with Gasteiger partial charge in [0, 0.05) is 16.5 Å². The van der Waals surface area contributed by atoms with Crippen molar-refractivity contribution in [2.75, 3.05) is 6.54 Å². The van der Waals surface area contributed by atoms with Gasteiger partial charge in [0.25, 0.3) is 0 Å². The van der Waals surface area contributed by atoms with Crippen LogP contribution in [0.5, 0.6) is 0 Å². The molecule has 0 aliphatic carbocycles. The van der Waals surface area contributed by atoms with Crippen molar-refractivity contribution in [3.8, 4) is 33.9 Å². The number of aromatic nitrogens is 7. The molecule has 8 heteroatoms. The van der Waals surface area contributed by atoms with Crippen molar-refractivity contribution in [1.82, 2.24) is 35.4 Å². The molecule has 3 N–H and O–H groups in total. The lowest BCUT2D eigenvalue weighted by Gasteiger charge is -2.12. The van der Waals surface area contributed by atoms with Crippen molar-refractivity contribution in [3.05, 3.63) is 89.7 Å². The Labute approximate surface area is 210 Å². The van der Waals surface area contributed by atoms with E-state index in [0.717, 1.165) is 45.9 Å². The third kappa shape index (κ3) is 4.94. The predicted octanol–water partition coefficient (Wildman–Crippen LogP) is 4.64. The lowest BCUT2D eigenvalue weighted by molar-refractivity contribution is 0.533. The van der Waals surface area contributed by atoms with Crippen molar-refractivity contribution in [2.24, 2.45) is 5.73 Å². The normalized spacial score (nSPS) is 11.7. The number of nitrogens with two attached hydrogens (primary N) is 1. The van der Waals surface area contributed by atoms with Gasteiger partial charge in [-0.3, -0.25) is 0 Å². The third-order valence-electron chi connectivity index (χ3n) is 6.10. The summed E-state index contributed by atoms with van der Waals surface area (Å²) in [6.45, 7) is 7.67. The molecule has 2 heterocycles. The average molecular weight is 479 g/mol. The molecule has 0 spiro atoms. The van der Waals surface area contributed by atoms with E-state index in [1.807, 2.05) is 22.9 Å². The van der Waals surface area contributed by atoms with Crippen LogP contribution in [0.1, 0.15) is 37.7 Å². The fourth-order valence-electron chi connectivity index (χ4n) is 4.14. The molecule has 0 amide bonds. The predicted molar refractivity (Wildman–Crippen MR) is 141 cm³/mol. The Hall–Kier alpha value is -4.17. The molecule has 182 valence electrons. The van der Waals surface area contributed by atoms with Crippen LogP contribution in [-0.2, 0) is 18.4 Å². The number of nitrogens with one attached hydrogen (secondary N) is 1. The van der Waals surface area contributed by atoms with Gasteiger partial charge in [0.2, 0.25) is 5.82 Å². The molecule has 0 aliphatic rings. The van der Waals surface area contributed by atoms with E-state index >= 15 is 0 Å². The fraction of sp³-hybridized carbons (Fsp3) is 0.250. The number of tetrazole rings is 1. The molecule has 0 unspecified atom stereocenters. The number of rotatable bonds is 7. The Bertz CT molecular complexity index is 1430. The molecular formula is C28H30N8. The first kappa shape index (κ1) is 23.6. The first-order valence-electron chi connectivity index (χ1n) is 12.1. The van der Waals surface area contributed by atoms with Crippen molar-refractivity contribution in [3.63, 3.8) is 0 Å². The maximum atomic E-state index is 5.71. The highest BCUT2D eigenvalue weighted by atomic mass is 15.5. The zero-order valence-corrected chi connectivity index (χ0v) is 20.8. The minimum atomic E-state index is -0.151. The summed E-state index contributed by atoms with van der Waals surface area (Å²) in [7, 11) is 0. The molecule has 0 aliphatic heterocycles. The molecule has 0 radical (unpaired) electrons. The number of H-pyrrole nitrogens is 1. The van der Waals surface area contributed by atoms with Crippen LogP contribution in [-0.4, -0.2) is 41.9 Å². The number of benzene rings is 3. The van der Waals surface area contributed by atoms with Crippen molar-refractivity contribution in [2.45, 2.75) is 39.2 Å². The Balaban J connectivity index is 1.45. The van der Waals surface area contributed by atoms with Crippen LogP contribution >= 0.6 is 0 Å². The van der Waals surface area contributed by atoms with E-state index < -0.39 is 0 Å². The van der Waals surface area contributed by atoms with E-state index in [1.54, 1.807) is 0 Å². The summed E-state index contributed by atoms with van der Waals surface area (Å²) in [5, 5.41) is 19.4. The van der Waals surface area contributed by atoms with Gasteiger partial charge in [0.1, 0.15) is 0 Å². The summed E-state index contributed by atoms with van der Waals surface area (Å²) in [6, 6.07) is 25.0. The summed E-state index contributed by atoms with van der Waals surface area (Å²) in [5.41, 5.74) is 12.1. The van der Waals surface area contributed by atoms with Crippen molar-refractivity contribution >= 4 is 0 Å². The molecule has 8 nitrogen and oxygen atoms in total. The van der Waals surface area contributed by atoms with Gasteiger partial charge in [0.05, 0.1) is 6.54 Å². The van der Waals surface area contributed by atoms with Crippen LogP contribution in [0.15, 0.2) is 72.8 Å². The van der Waals surface area contributed by atoms with E-state index in [0.29, 0.717) is 18.9 Å². The van der Waals surface area contributed by atoms with Gasteiger partial charge in [0.15, 0.2) is 11.6 Å². The molecule has 5 aromatic rings. The smallest absolute Gasteiger partial charge is 0.205 e. The highest BCUT2D eigenvalue weighted by molar-refractivity contribution is 5.80. The number of nitrogens with zero attached hydrogens (tertiary/aromatic N) is 6. The lowest BCUT2D eigenvalue weighted by atomic mass is 9.96. The zero-order chi connectivity index (χ0) is 25.1. The second-order valence-corrected chi connectivity index (χ2v) is 9.88. The van der Waals surface area contributed by atoms with Crippen LogP contribution in [0.25, 0.3) is 33.9 Å². The van der Waals surface area contributed by atoms with Crippen molar-refractivity contribution in [1.29, 1.82) is 0 Å². The Kier molecular flexibility index (Phi) is 6.43. The fourth-order valence-corrected chi connectivity index (χ4v) is 4.14. The van der Waals surface area contributed by atoms with E-state index in [2.05, 4.69) is 96.0 Å². The van der Waals surface area contributed by atoms with Gasteiger partial charge in [-0.05, 0) is 40.4 Å². The molecule has 3 aromatic carbocycles. The topological polar surface area (TPSA) is 111 Å². The molecule has 0 saturated heterocycles. The van der Waals surface area contributed by atoms with Crippen LogP contribution < -0.4 is 5.73 Å². The van der Waals surface area contributed by atoms with Gasteiger partial charge in [-0.15, -0.1) is 10.2 Å². The number of hydrogen-bond acceptors (Lipinski definition) is 6. The molecule has 0 bridgehead atoms. The van der Waals surface area contributed by atoms with Gasteiger partial charge < -0.3 is 5.73 Å². The third-order valence-corrected chi connectivity index (χ3v) is 6.10. The average Bonchev–Trinajstić information content (AvgIpc) is 3.56. The Morgan fingerprint density at radius 2 is 1.50 bits per heavy atom. The minimum Gasteiger partial charge on any atom is -0.330 e. The molecular weight excluding hydrogens is 448 g/mol. The summed E-state index contributed by atoms with van der Waals surface area (Å²) in [5.74, 6) is 2.27. The molecule has 2 aromatic heterocycles. The van der Waals surface area contributed by atoms with Crippen LogP contribution in [0, 0.1) is 0 Å². The molecule has 5 rings (SSSR count). The Morgan fingerprint density at radius 1 is 0.833 bits per heavy atom. The van der Waals surface area contributed by atoms with E-state index in [9.17, 15) is 0 Å². The quantitative estimate of drug-likeness (QED) is 0.353. The second kappa shape index (κ2) is 9.83. The van der Waals surface area contributed by atoms with Gasteiger partial charge in [-0.2, -0.15) is 10.3 Å².